The van der Waals surface area contributed by atoms with Gasteiger partial charge in [-0.15, -0.1) is 0 Å². The minimum atomic E-state index is -3.56. The zero-order valence-electron chi connectivity index (χ0n) is 11.7. The first-order valence-electron chi connectivity index (χ1n) is 6.75. The Bertz CT molecular complexity index is 588. The highest BCUT2D eigenvalue weighted by Gasteiger charge is 2.34. The van der Waals surface area contributed by atoms with Gasteiger partial charge in [-0.2, -0.15) is 4.31 Å². The lowest BCUT2D eigenvalue weighted by Crippen LogP contribution is -2.46. The third kappa shape index (κ3) is 3.01. The quantitative estimate of drug-likeness (QED) is 0.931. The fourth-order valence-corrected chi connectivity index (χ4v) is 4.51. The molecule has 1 aliphatic rings. The summed E-state index contributed by atoms with van der Waals surface area (Å²) >= 11 is 6.03. The highest BCUT2D eigenvalue weighted by molar-refractivity contribution is 7.89. The van der Waals surface area contributed by atoms with Crippen molar-refractivity contribution in [2.75, 3.05) is 13.2 Å². The van der Waals surface area contributed by atoms with E-state index in [1.807, 2.05) is 13.8 Å². The first kappa shape index (κ1) is 15.8. The Hall–Kier alpha value is -0.620. The van der Waals surface area contributed by atoms with Gasteiger partial charge in [0.05, 0.1) is 4.90 Å². The predicted molar refractivity (Wildman–Crippen MR) is 79.4 cm³/mol. The maximum atomic E-state index is 12.7. The number of aliphatic hydroxyl groups is 1. The molecule has 0 aromatic heterocycles. The maximum Gasteiger partial charge on any atom is 0.243 e. The van der Waals surface area contributed by atoms with E-state index in [-0.39, 0.29) is 23.5 Å². The van der Waals surface area contributed by atoms with Crippen molar-refractivity contribution in [1.82, 2.24) is 4.31 Å². The molecule has 6 heteroatoms. The molecule has 1 saturated heterocycles. The number of piperidine rings is 1. The zero-order chi connectivity index (χ0) is 14.9. The second-order valence-electron chi connectivity index (χ2n) is 5.46. The average Bonchev–Trinajstić information content (AvgIpc) is 2.42. The van der Waals surface area contributed by atoms with Crippen LogP contribution in [-0.2, 0) is 10.0 Å². The molecule has 1 aromatic carbocycles. The molecule has 2 unspecified atom stereocenters. The van der Waals surface area contributed by atoms with Crippen molar-refractivity contribution in [2.24, 2.45) is 5.92 Å². The van der Waals surface area contributed by atoms with Gasteiger partial charge in [0.2, 0.25) is 10.0 Å². The number of hydrogen-bond acceptors (Lipinski definition) is 3. The Labute approximate surface area is 125 Å². The molecule has 20 heavy (non-hydrogen) atoms. The van der Waals surface area contributed by atoms with Gasteiger partial charge in [0.1, 0.15) is 0 Å². The summed E-state index contributed by atoms with van der Waals surface area (Å²) in [6.45, 7) is 4.13. The Balaban J connectivity index is 2.35. The van der Waals surface area contributed by atoms with Crippen LogP contribution in [0, 0.1) is 12.8 Å². The summed E-state index contributed by atoms with van der Waals surface area (Å²) in [5.74, 6) is 0.0156. The van der Waals surface area contributed by atoms with Crippen LogP contribution in [0.3, 0.4) is 0 Å². The van der Waals surface area contributed by atoms with Crippen molar-refractivity contribution in [2.45, 2.75) is 37.6 Å². The van der Waals surface area contributed by atoms with E-state index in [0.717, 1.165) is 18.4 Å². The minimum absolute atomic E-state index is 0.0156. The molecule has 1 N–H and O–H groups in total. The standard InChI is InChI=1S/C14H20ClNO3S/c1-10-3-6-13(7-14(10)15)20(18,19)16-8-12(9-17)5-4-11(16)2/h3,6-7,11-12,17H,4-5,8-9H2,1-2H3. The number of nitrogens with zero attached hydrogens (tertiary/aromatic N) is 1. The van der Waals surface area contributed by atoms with Gasteiger partial charge in [-0.25, -0.2) is 8.42 Å². The number of halogens is 1. The summed E-state index contributed by atoms with van der Waals surface area (Å²) in [7, 11) is -3.56. The monoisotopic (exact) mass is 317 g/mol. The van der Waals surface area contributed by atoms with Crippen LogP contribution in [0.25, 0.3) is 0 Å². The third-order valence-electron chi connectivity index (χ3n) is 3.93. The fourth-order valence-electron chi connectivity index (χ4n) is 2.50. The number of sulfonamides is 1. The molecule has 1 aromatic rings. The van der Waals surface area contributed by atoms with Crippen molar-refractivity contribution < 1.29 is 13.5 Å². The fraction of sp³-hybridized carbons (Fsp3) is 0.571. The van der Waals surface area contributed by atoms with Crippen molar-refractivity contribution >= 4 is 21.6 Å². The van der Waals surface area contributed by atoms with Gasteiger partial charge in [0, 0.05) is 24.2 Å². The maximum absolute atomic E-state index is 12.7. The molecule has 2 rings (SSSR count). The van der Waals surface area contributed by atoms with Gasteiger partial charge < -0.3 is 5.11 Å². The highest BCUT2D eigenvalue weighted by atomic mass is 35.5. The molecule has 2 atom stereocenters. The van der Waals surface area contributed by atoms with E-state index in [9.17, 15) is 13.5 Å². The summed E-state index contributed by atoms with van der Waals surface area (Å²) in [5, 5.41) is 9.72. The molecule has 1 fully saturated rings. The lowest BCUT2D eigenvalue weighted by Gasteiger charge is -2.36. The summed E-state index contributed by atoms with van der Waals surface area (Å²) in [6, 6.07) is 4.75. The second-order valence-corrected chi connectivity index (χ2v) is 7.76. The Morgan fingerprint density at radius 1 is 1.40 bits per heavy atom. The topological polar surface area (TPSA) is 57.6 Å². The van der Waals surface area contributed by atoms with Crippen molar-refractivity contribution in [3.8, 4) is 0 Å². The molecule has 112 valence electrons. The molecular formula is C14H20ClNO3S. The Kier molecular flexibility index (Phi) is 4.74. The SMILES string of the molecule is Cc1ccc(S(=O)(=O)N2CC(CO)CCC2C)cc1Cl. The van der Waals surface area contributed by atoms with Crippen LogP contribution in [-0.4, -0.2) is 37.0 Å². The average molecular weight is 318 g/mol. The first-order valence-corrected chi connectivity index (χ1v) is 8.57. The molecule has 1 heterocycles. The Morgan fingerprint density at radius 3 is 2.70 bits per heavy atom. The van der Waals surface area contributed by atoms with Crippen LogP contribution < -0.4 is 0 Å². The smallest absolute Gasteiger partial charge is 0.243 e. The molecule has 0 saturated carbocycles. The number of rotatable bonds is 3. The number of aryl methyl sites for hydroxylation is 1. The van der Waals surface area contributed by atoms with Gasteiger partial charge in [0.25, 0.3) is 0 Å². The molecule has 0 spiro atoms. The lowest BCUT2D eigenvalue weighted by molar-refractivity contribution is 0.139. The largest absolute Gasteiger partial charge is 0.396 e. The second kappa shape index (κ2) is 6.02. The molecule has 4 nitrogen and oxygen atoms in total. The normalized spacial score (nSPS) is 24.8. The van der Waals surface area contributed by atoms with Crippen LogP contribution in [0.4, 0.5) is 0 Å². The van der Waals surface area contributed by atoms with E-state index in [4.69, 9.17) is 11.6 Å². The van der Waals surface area contributed by atoms with Crippen LogP contribution in [0.2, 0.25) is 5.02 Å². The summed E-state index contributed by atoms with van der Waals surface area (Å²) in [6.07, 6.45) is 1.63. The summed E-state index contributed by atoms with van der Waals surface area (Å²) < 4.78 is 26.9. The van der Waals surface area contributed by atoms with E-state index in [1.54, 1.807) is 12.1 Å². The molecule has 0 bridgehead atoms. The predicted octanol–water partition coefficient (Wildman–Crippen LogP) is 2.43. The highest BCUT2D eigenvalue weighted by Crippen LogP contribution is 2.29. The van der Waals surface area contributed by atoms with Gasteiger partial charge >= 0.3 is 0 Å². The van der Waals surface area contributed by atoms with Gasteiger partial charge in [-0.05, 0) is 50.3 Å². The van der Waals surface area contributed by atoms with Gasteiger partial charge in [-0.3, -0.25) is 0 Å². The van der Waals surface area contributed by atoms with Crippen molar-refractivity contribution in [3.05, 3.63) is 28.8 Å². The summed E-state index contributed by atoms with van der Waals surface area (Å²) in [5.41, 5.74) is 0.852. The summed E-state index contributed by atoms with van der Waals surface area (Å²) in [4.78, 5) is 0.221. The number of aliphatic hydroxyl groups excluding tert-OH is 1. The van der Waals surface area contributed by atoms with Crippen LogP contribution >= 0.6 is 11.6 Å². The van der Waals surface area contributed by atoms with Crippen molar-refractivity contribution in [3.63, 3.8) is 0 Å². The van der Waals surface area contributed by atoms with E-state index in [0.29, 0.717) is 11.6 Å². The zero-order valence-corrected chi connectivity index (χ0v) is 13.3. The molecule has 1 aliphatic heterocycles. The molecule has 0 amide bonds. The molecular weight excluding hydrogens is 298 g/mol. The first-order chi connectivity index (χ1) is 9.36. The van der Waals surface area contributed by atoms with Crippen LogP contribution in [0.5, 0.6) is 0 Å². The van der Waals surface area contributed by atoms with E-state index >= 15 is 0 Å². The van der Waals surface area contributed by atoms with E-state index < -0.39 is 10.0 Å². The lowest BCUT2D eigenvalue weighted by atomic mass is 9.96. The third-order valence-corrected chi connectivity index (χ3v) is 6.31. The van der Waals surface area contributed by atoms with E-state index in [1.165, 1.54) is 10.4 Å². The van der Waals surface area contributed by atoms with Crippen molar-refractivity contribution in [1.29, 1.82) is 0 Å². The van der Waals surface area contributed by atoms with Gasteiger partial charge in [0.15, 0.2) is 0 Å². The number of hydrogen-bond donors (Lipinski definition) is 1. The van der Waals surface area contributed by atoms with E-state index in [2.05, 4.69) is 0 Å². The minimum Gasteiger partial charge on any atom is -0.396 e. The van der Waals surface area contributed by atoms with Crippen LogP contribution in [0.15, 0.2) is 23.1 Å². The van der Waals surface area contributed by atoms with Crippen LogP contribution in [0.1, 0.15) is 25.3 Å². The molecule has 0 aliphatic carbocycles. The molecule has 0 radical (unpaired) electrons. The number of benzene rings is 1. The Morgan fingerprint density at radius 2 is 2.10 bits per heavy atom. The van der Waals surface area contributed by atoms with Gasteiger partial charge in [-0.1, -0.05) is 17.7 Å².